The molecule has 0 aliphatic heterocycles. The molecular weight excluding hydrogens is 164 g/mol. The van der Waals surface area contributed by atoms with Crippen LogP contribution in [-0.4, -0.2) is 19.3 Å². The quantitative estimate of drug-likeness (QED) is 0.654. The van der Waals surface area contributed by atoms with E-state index in [-0.39, 0.29) is 5.75 Å². The highest BCUT2D eigenvalue weighted by Crippen LogP contribution is 2.20. The van der Waals surface area contributed by atoms with Crippen molar-refractivity contribution in [2.24, 2.45) is 0 Å². The van der Waals surface area contributed by atoms with Gasteiger partial charge in [0.15, 0.2) is 0 Å². The molecule has 0 amide bonds. The van der Waals surface area contributed by atoms with Gasteiger partial charge in [-0.1, -0.05) is 23.7 Å². The Kier molecular flexibility index (Phi) is 5.61. The number of benzene rings is 1. The topological polar surface area (TPSA) is 29.5 Å². The van der Waals surface area contributed by atoms with E-state index in [4.69, 9.17) is 16.7 Å². The molecule has 62 valence electrons. The second kappa shape index (κ2) is 6.01. The van der Waals surface area contributed by atoms with E-state index in [9.17, 15) is 0 Å². The summed E-state index contributed by atoms with van der Waals surface area (Å²) in [5.74, 6) is 0.133. The molecule has 0 unspecified atom stereocenters. The maximum Gasteiger partial charge on any atom is 0.134 e. The summed E-state index contributed by atoms with van der Waals surface area (Å²) in [6.07, 6.45) is 0. The first-order chi connectivity index (χ1) is 5.22. The summed E-state index contributed by atoms with van der Waals surface area (Å²) in [6, 6.07) is 6.67. The molecule has 0 spiro atoms. The van der Waals surface area contributed by atoms with E-state index in [0.29, 0.717) is 5.02 Å². The van der Waals surface area contributed by atoms with Crippen molar-refractivity contribution in [1.29, 1.82) is 0 Å². The molecule has 0 saturated carbocycles. The highest BCUT2D eigenvalue weighted by atomic mass is 35.5. The molecule has 0 aliphatic carbocycles. The molecule has 0 heterocycles. The number of ether oxygens (including phenoxy) is 1. The van der Waals surface area contributed by atoms with Crippen molar-refractivity contribution in [3.63, 3.8) is 0 Å². The Hall–Kier alpha value is -0.730. The van der Waals surface area contributed by atoms with Crippen LogP contribution in [-0.2, 0) is 4.74 Å². The lowest BCUT2D eigenvalue weighted by Gasteiger charge is -1.89. The molecular formula is C8H11ClO2. The van der Waals surface area contributed by atoms with E-state index in [2.05, 4.69) is 4.74 Å². The average molecular weight is 175 g/mol. The molecule has 0 saturated heterocycles. The van der Waals surface area contributed by atoms with Crippen molar-refractivity contribution in [2.45, 2.75) is 0 Å². The number of aromatic hydroxyl groups is 1. The Balaban J connectivity index is 0.000000292. The van der Waals surface area contributed by atoms with Crippen molar-refractivity contribution >= 4 is 11.6 Å². The molecule has 2 nitrogen and oxygen atoms in total. The minimum atomic E-state index is 0.133. The highest BCUT2D eigenvalue weighted by Gasteiger charge is 1.89. The Labute approximate surface area is 71.4 Å². The first-order valence-electron chi connectivity index (χ1n) is 3.06. The zero-order valence-electron chi connectivity index (χ0n) is 6.54. The molecule has 3 heteroatoms. The molecule has 0 bridgehead atoms. The first kappa shape index (κ1) is 10.3. The summed E-state index contributed by atoms with van der Waals surface area (Å²) in [5.41, 5.74) is 0. The number of halogens is 1. The van der Waals surface area contributed by atoms with Crippen LogP contribution in [0.15, 0.2) is 24.3 Å². The smallest absolute Gasteiger partial charge is 0.134 e. The van der Waals surface area contributed by atoms with Gasteiger partial charge in [-0.2, -0.15) is 0 Å². The second-order valence-corrected chi connectivity index (χ2v) is 2.27. The minimum absolute atomic E-state index is 0.133. The monoisotopic (exact) mass is 174 g/mol. The molecule has 0 fully saturated rings. The van der Waals surface area contributed by atoms with E-state index in [1.165, 1.54) is 0 Å². The predicted molar refractivity (Wildman–Crippen MR) is 46.0 cm³/mol. The first-order valence-corrected chi connectivity index (χ1v) is 3.43. The molecule has 1 N–H and O–H groups in total. The van der Waals surface area contributed by atoms with Crippen molar-refractivity contribution in [2.75, 3.05) is 14.2 Å². The van der Waals surface area contributed by atoms with Crippen LogP contribution in [0.4, 0.5) is 0 Å². The van der Waals surface area contributed by atoms with Crippen molar-refractivity contribution < 1.29 is 9.84 Å². The van der Waals surface area contributed by atoms with E-state index >= 15 is 0 Å². The summed E-state index contributed by atoms with van der Waals surface area (Å²) in [4.78, 5) is 0. The third kappa shape index (κ3) is 4.65. The van der Waals surface area contributed by atoms with Gasteiger partial charge in [0.05, 0.1) is 5.02 Å². The fourth-order valence-corrected chi connectivity index (χ4v) is 0.587. The van der Waals surface area contributed by atoms with E-state index in [0.717, 1.165) is 0 Å². The van der Waals surface area contributed by atoms with Gasteiger partial charge < -0.3 is 9.84 Å². The summed E-state index contributed by atoms with van der Waals surface area (Å²) < 4.78 is 4.25. The van der Waals surface area contributed by atoms with Gasteiger partial charge in [-0.05, 0) is 12.1 Å². The number of hydrogen-bond acceptors (Lipinski definition) is 2. The number of para-hydroxylation sites is 1. The standard InChI is InChI=1S/C6H5ClO.C2H6O/c7-5-3-1-2-4-6(5)8;1-3-2/h1-4,8H;1-2H3. The summed E-state index contributed by atoms with van der Waals surface area (Å²) >= 11 is 5.46. The Bertz CT molecular complexity index is 180. The van der Waals surface area contributed by atoms with Crippen LogP contribution in [0.5, 0.6) is 5.75 Å². The van der Waals surface area contributed by atoms with E-state index in [1.807, 2.05) is 0 Å². The fraction of sp³-hybridized carbons (Fsp3) is 0.250. The molecule has 1 aromatic carbocycles. The number of phenolic OH excluding ortho intramolecular Hbond substituents is 1. The van der Waals surface area contributed by atoms with Gasteiger partial charge in [0.1, 0.15) is 5.75 Å². The SMILES string of the molecule is COC.Oc1ccccc1Cl. The number of hydrogen-bond donors (Lipinski definition) is 1. The number of methoxy groups -OCH3 is 1. The van der Waals surface area contributed by atoms with Gasteiger partial charge in [-0.3, -0.25) is 0 Å². The van der Waals surface area contributed by atoms with Crippen molar-refractivity contribution in [3.05, 3.63) is 29.3 Å². The third-order valence-electron chi connectivity index (χ3n) is 0.852. The normalized spacial score (nSPS) is 8.27. The van der Waals surface area contributed by atoms with E-state index in [1.54, 1.807) is 38.5 Å². The predicted octanol–water partition coefficient (Wildman–Crippen LogP) is 2.31. The minimum Gasteiger partial charge on any atom is -0.506 e. The van der Waals surface area contributed by atoms with Crippen LogP contribution in [0.3, 0.4) is 0 Å². The van der Waals surface area contributed by atoms with Gasteiger partial charge in [0, 0.05) is 14.2 Å². The maximum absolute atomic E-state index is 8.79. The molecule has 0 aromatic heterocycles. The van der Waals surface area contributed by atoms with Gasteiger partial charge in [-0.15, -0.1) is 0 Å². The van der Waals surface area contributed by atoms with Crippen LogP contribution < -0.4 is 0 Å². The molecule has 1 aromatic rings. The summed E-state index contributed by atoms with van der Waals surface area (Å²) in [5, 5.41) is 9.18. The molecule has 1 rings (SSSR count). The highest BCUT2D eigenvalue weighted by molar-refractivity contribution is 6.31. The van der Waals surface area contributed by atoms with Crippen LogP contribution >= 0.6 is 11.6 Å². The number of phenols is 1. The van der Waals surface area contributed by atoms with Crippen LogP contribution in [0.25, 0.3) is 0 Å². The zero-order chi connectivity index (χ0) is 8.69. The second-order valence-electron chi connectivity index (χ2n) is 1.86. The molecule has 0 aliphatic rings. The molecule has 0 atom stereocenters. The Morgan fingerprint density at radius 3 is 2.00 bits per heavy atom. The third-order valence-corrected chi connectivity index (χ3v) is 1.17. The van der Waals surface area contributed by atoms with Crippen LogP contribution in [0.1, 0.15) is 0 Å². The lowest BCUT2D eigenvalue weighted by molar-refractivity contribution is 0.277. The summed E-state index contributed by atoms with van der Waals surface area (Å²) in [6.45, 7) is 0. The van der Waals surface area contributed by atoms with Gasteiger partial charge in [0.25, 0.3) is 0 Å². The van der Waals surface area contributed by atoms with E-state index < -0.39 is 0 Å². The van der Waals surface area contributed by atoms with Crippen molar-refractivity contribution in [1.82, 2.24) is 0 Å². The lowest BCUT2D eigenvalue weighted by atomic mass is 10.3. The van der Waals surface area contributed by atoms with Gasteiger partial charge >= 0.3 is 0 Å². The lowest BCUT2D eigenvalue weighted by Crippen LogP contribution is -1.62. The van der Waals surface area contributed by atoms with Crippen LogP contribution in [0, 0.1) is 0 Å². The number of rotatable bonds is 0. The largest absolute Gasteiger partial charge is 0.506 e. The fourth-order valence-electron chi connectivity index (χ4n) is 0.452. The van der Waals surface area contributed by atoms with Gasteiger partial charge in [-0.25, -0.2) is 0 Å². The molecule has 0 radical (unpaired) electrons. The average Bonchev–Trinajstić information content (AvgIpc) is 1.97. The zero-order valence-corrected chi connectivity index (χ0v) is 7.30. The summed E-state index contributed by atoms with van der Waals surface area (Å²) in [7, 11) is 3.25. The molecule has 11 heavy (non-hydrogen) atoms. The van der Waals surface area contributed by atoms with Gasteiger partial charge in [0.2, 0.25) is 0 Å². The Morgan fingerprint density at radius 1 is 1.27 bits per heavy atom. The maximum atomic E-state index is 8.79. The van der Waals surface area contributed by atoms with Crippen molar-refractivity contribution in [3.8, 4) is 5.75 Å². The van der Waals surface area contributed by atoms with Crippen LogP contribution in [0.2, 0.25) is 5.02 Å². The Morgan fingerprint density at radius 2 is 1.73 bits per heavy atom.